The minimum atomic E-state index is -0.354. The number of hydrogen-bond acceptors (Lipinski definition) is 5. The van der Waals surface area contributed by atoms with Gasteiger partial charge < -0.3 is 4.74 Å². The molecule has 0 radical (unpaired) electrons. The SMILES string of the molecule is CCOC(=O)c1nc(C)c2c(c1C)c1c3ccccc3sc1c1sc3ccccc3c12. The number of aryl methyl sites for hydroxylation is 2. The summed E-state index contributed by atoms with van der Waals surface area (Å²) >= 11 is 3.68. The minimum absolute atomic E-state index is 0.335. The molecular formula is C26H19NO2S2. The Hall–Kier alpha value is -3.02. The van der Waals surface area contributed by atoms with E-state index >= 15 is 0 Å². The fourth-order valence-electron chi connectivity index (χ4n) is 4.72. The second-order valence-corrected chi connectivity index (χ2v) is 9.85. The molecule has 0 bridgehead atoms. The quantitative estimate of drug-likeness (QED) is 0.258. The van der Waals surface area contributed by atoms with Gasteiger partial charge in [0.05, 0.1) is 16.0 Å². The van der Waals surface area contributed by atoms with Crippen LogP contribution >= 0.6 is 22.7 Å². The molecule has 6 aromatic rings. The molecule has 0 aliphatic carbocycles. The van der Waals surface area contributed by atoms with Gasteiger partial charge in [0, 0.05) is 42.0 Å². The number of thiophene rings is 2. The fraction of sp³-hybridized carbons (Fsp3) is 0.154. The number of fused-ring (bicyclic) bond motifs is 10. The third-order valence-electron chi connectivity index (χ3n) is 5.99. The summed E-state index contributed by atoms with van der Waals surface area (Å²) in [4.78, 5) is 17.5. The van der Waals surface area contributed by atoms with Crippen molar-refractivity contribution >= 4 is 79.8 Å². The summed E-state index contributed by atoms with van der Waals surface area (Å²) in [6.07, 6.45) is 0. The molecule has 0 saturated carbocycles. The number of hydrogen-bond donors (Lipinski definition) is 0. The van der Waals surface area contributed by atoms with E-state index in [1.54, 1.807) is 0 Å². The van der Waals surface area contributed by atoms with E-state index in [1.807, 2.05) is 43.4 Å². The highest BCUT2D eigenvalue weighted by molar-refractivity contribution is 7.33. The van der Waals surface area contributed by atoms with Crippen LogP contribution in [0.2, 0.25) is 0 Å². The first-order chi connectivity index (χ1) is 15.1. The van der Waals surface area contributed by atoms with Gasteiger partial charge in [-0.1, -0.05) is 36.4 Å². The highest BCUT2D eigenvalue weighted by atomic mass is 32.1. The lowest BCUT2D eigenvalue weighted by Crippen LogP contribution is -2.11. The van der Waals surface area contributed by atoms with Gasteiger partial charge in [-0.3, -0.25) is 0 Å². The highest BCUT2D eigenvalue weighted by Gasteiger charge is 2.24. The maximum absolute atomic E-state index is 12.7. The van der Waals surface area contributed by atoms with Gasteiger partial charge in [-0.15, -0.1) is 22.7 Å². The molecule has 3 heterocycles. The number of ether oxygens (including phenoxy) is 1. The topological polar surface area (TPSA) is 39.2 Å². The maximum atomic E-state index is 12.7. The molecule has 0 N–H and O–H groups in total. The van der Waals surface area contributed by atoms with E-state index in [2.05, 4.69) is 48.5 Å². The van der Waals surface area contributed by atoms with Crippen LogP contribution in [0.15, 0.2) is 48.5 Å². The summed E-state index contributed by atoms with van der Waals surface area (Å²) < 4.78 is 10.5. The lowest BCUT2D eigenvalue weighted by molar-refractivity contribution is 0.0518. The minimum Gasteiger partial charge on any atom is -0.461 e. The third-order valence-corrected chi connectivity index (χ3v) is 8.49. The average molecular weight is 442 g/mol. The summed E-state index contributed by atoms with van der Waals surface area (Å²) in [5.41, 5.74) is 2.18. The van der Waals surface area contributed by atoms with E-state index in [-0.39, 0.29) is 5.97 Å². The van der Waals surface area contributed by atoms with Crippen LogP contribution in [0.5, 0.6) is 0 Å². The van der Waals surface area contributed by atoms with Crippen LogP contribution in [-0.2, 0) is 4.74 Å². The summed E-state index contributed by atoms with van der Waals surface area (Å²) in [6.45, 7) is 6.18. The second-order valence-electron chi connectivity index (χ2n) is 7.75. The Kier molecular flexibility index (Phi) is 4.07. The predicted octanol–water partition coefficient (Wildman–Crippen LogP) is 7.76. The number of carbonyl (C=O) groups excluding carboxylic acids is 1. The average Bonchev–Trinajstić information content (AvgIpc) is 3.34. The van der Waals surface area contributed by atoms with E-state index in [1.165, 1.54) is 40.3 Å². The van der Waals surface area contributed by atoms with Gasteiger partial charge >= 0.3 is 5.97 Å². The number of benzene rings is 3. The number of rotatable bonds is 2. The smallest absolute Gasteiger partial charge is 0.357 e. The normalized spacial score (nSPS) is 12.0. The first kappa shape index (κ1) is 18.7. The molecule has 3 nitrogen and oxygen atoms in total. The zero-order valence-electron chi connectivity index (χ0n) is 17.4. The maximum Gasteiger partial charge on any atom is 0.357 e. The first-order valence-corrected chi connectivity index (χ1v) is 12.0. The monoisotopic (exact) mass is 441 g/mol. The van der Waals surface area contributed by atoms with Gasteiger partial charge in [0.2, 0.25) is 0 Å². The van der Waals surface area contributed by atoms with Gasteiger partial charge in [-0.25, -0.2) is 9.78 Å². The van der Waals surface area contributed by atoms with E-state index < -0.39 is 0 Å². The van der Waals surface area contributed by atoms with Crippen LogP contribution in [0.25, 0.3) is 51.1 Å². The molecule has 3 aromatic carbocycles. The molecule has 0 fully saturated rings. The third kappa shape index (κ3) is 2.51. The zero-order chi connectivity index (χ0) is 21.3. The molecule has 0 spiro atoms. The summed E-state index contributed by atoms with van der Waals surface area (Å²) in [5, 5.41) is 7.23. The van der Waals surface area contributed by atoms with E-state index in [9.17, 15) is 4.79 Å². The van der Waals surface area contributed by atoms with Gasteiger partial charge in [0.1, 0.15) is 0 Å². The van der Waals surface area contributed by atoms with Crippen LogP contribution < -0.4 is 0 Å². The van der Waals surface area contributed by atoms with Crippen LogP contribution in [0, 0.1) is 13.8 Å². The molecule has 0 amide bonds. The second kappa shape index (κ2) is 6.74. The molecule has 0 atom stereocenters. The predicted molar refractivity (Wildman–Crippen MR) is 133 cm³/mol. The largest absolute Gasteiger partial charge is 0.461 e. The molecule has 31 heavy (non-hydrogen) atoms. The number of aromatic nitrogens is 1. The highest BCUT2D eigenvalue weighted by Crippen LogP contribution is 2.50. The van der Waals surface area contributed by atoms with Crippen molar-refractivity contribution in [3.8, 4) is 0 Å². The van der Waals surface area contributed by atoms with E-state index in [0.717, 1.165) is 22.0 Å². The van der Waals surface area contributed by atoms with Crippen molar-refractivity contribution in [3.05, 3.63) is 65.5 Å². The van der Waals surface area contributed by atoms with Crippen LogP contribution in [0.4, 0.5) is 0 Å². The Morgan fingerprint density at radius 2 is 1.39 bits per heavy atom. The molecule has 0 saturated heterocycles. The fourth-order valence-corrected chi connectivity index (χ4v) is 7.28. The van der Waals surface area contributed by atoms with Crippen molar-refractivity contribution in [1.29, 1.82) is 0 Å². The summed E-state index contributed by atoms with van der Waals surface area (Å²) in [6, 6.07) is 17.1. The first-order valence-electron chi connectivity index (χ1n) is 10.3. The summed E-state index contributed by atoms with van der Waals surface area (Å²) in [7, 11) is 0. The molecule has 3 aromatic heterocycles. The van der Waals surface area contributed by atoms with Crippen molar-refractivity contribution in [2.75, 3.05) is 6.61 Å². The Labute approximate surface area is 186 Å². The Balaban J connectivity index is 1.97. The van der Waals surface area contributed by atoms with Crippen molar-refractivity contribution in [1.82, 2.24) is 4.98 Å². The van der Waals surface area contributed by atoms with Crippen molar-refractivity contribution < 1.29 is 9.53 Å². The molecule has 0 unspecified atom stereocenters. The molecule has 0 aliphatic heterocycles. The van der Waals surface area contributed by atoms with Gasteiger partial charge in [-0.05, 0) is 43.9 Å². The zero-order valence-corrected chi connectivity index (χ0v) is 19.0. The van der Waals surface area contributed by atoms with Gasteiger partial charge in [-0.2, -0.15) is 0 Å². The number of nitrogens with zero attached hydrogens (tertiary/aromatic N) is 1. The van der Waals surface area contributed by atoms with E-state index in [0.29, 0.717) is 12.3 Å². The Bertz CT molecular complexity index is 1690. The number of carbonyl (C=O) groups is 1. The standard InChI is InChI=1S/C26H19NO2S2/c1-4-29-26(28)23-13(2)19-20(14(3)27-23)22-16-10-6-8-12-18(16)31-25(22)24-21(19)15-9-5-7-11-17(15)30-24/h5-12H,4H2,1-3H3. The number of pyridine rings is 1. The van der Waals surface area contributed by atoms with E-state index in [4.69, 9.17) is 9.72 Å². The Morgan fingerprint density at radius 1 is 0.839 bits per heavy atom. The molecule has 5 heteroatoms. The van der Waals surface area contributed by atoms with Crippen molar-refractivity contribution in [2.24, 2.45) is 0 Å². The van der Waals surface area contributed by atoms with Crippen LogP contribution in [-0.4, -0.2) is 17.6 Å². The Morgan fingerprint density at radius 3 is 1.97 bits per heavy atom. The number of esters is 1. The molecule has 152 valence electrons. The van der Waals surface area contributed by atoms with Crippen LogP contribution in [0.3, 0.4) is 0 Å². The lowest BCUT2D eigenvalue weighted by atomic mass is 9.94. The molecule has 6 rings (SSSR count). The van der Waals surface area contributed by atoms with Gasteiger partial charge in [0.25, 0.3) is 0 Å². The van der Waals surface area contributed by atoms with Crippen LogP contribution in [0.1, 0.15) is 28.7 Å². The molecular weight excluding hydrogens is 422 g/mol. The van der Waals surface area contributed by atoms with Crippen molar-refractivity contribution in [3.63, 3.8) is 0 Å². The van der Waals surface area contributed by atoms with Gasteiger partial charge in [0.15, 0.2) is 5.69 Å². The lowest BCUT2D eigenvalue weighted by Gasteiger charge is -2.14. The molecule has 0 aliphatic rings. The van der Waals surface area contributed by atoms with Crippen molar-refractivity contribution in [2.45, 2.75) is 20.8 Å². The summed E-state index contributed by atoms with van der Waals surface area (Å²) in [5.74, 6) is -0.354.